The van der Waals surface area contributed by atoms with Gasteiger partial charge in [-0.25, -0.2) is 0 Å². The van der Waals surface area contributed by atoms with Gasteiger partial charge in [0.05, 0.1) is 25.4 Å². The number of aliphatic hydroxyl groups excluding tert-OH is 2. The van der Waals surface area contributed by atoms with Crippen molar-refractivity contribution >= 4 is 11.9 Å². The van der Waals surface area contributed by atoms with E-state index >= 15 is 0 Å². The number of aliphatic hydroxyl groups is 2. The van der Waals surface area contributed by atoms with Crippen LogP contribution in [0.15, 0.2) is 0 Å². The molecule has 6 nitrogen and oxygen atoms in total. The zero-order valence-electron chi connectivity index (χ0n) is 49.2. The molecule has 0 aliphatic rings. The Morgan fingerprint density at radius 1 is 0.333 bits per heavy atom. The summed E-state index contributed by atoms with van der Waals surface area (Å²) in [7, 11) is 0. The highest BCUT2D eigenvalue weighted by molar-refractivity contribution is 5.76. The van der Waals surface area contributed by atoms with E-state index in [1.807, 2.05) is 0 Å². The molecule has 2 atom stereocenters. The molecule has 0 aromatic carbocycles. The van der Waals surface area contributed by atoms with E-state index in [-0.39, 0.29) is 18.5 Å². The zero-order valence-corrected chi connectivity index (χ0v) is 49.2. The summed E-state index contributed by atoms with van der Waals surface area (Å²) in [6.45, 7) is 4.99. The van der Waals surface area contributed by atoms with Gasteiger partial charge in [-0.2, -0.15) is 0 Å². The van der Waals surface area contributed by atoms with Crippen LogP contribution < -0.4 is 5.32 Å². The normalized spacial score (nSPS) is 12.4. The molecule has 6 heteroatoms. The minimum absolute atomic E-state index is 0.0200. The SMILES string of the molecule is CCCCCCCCCCCCCCCCCCCCC(=O)OCCCCCCCCCCCCCCCCCCCCCCCCCC(=O)NC(CO)C(O)CCCCCCCCCCCCCCCC. The molecule has 0 rings (SSSR count). The van der Waals surface area contributed by atoms with Gasteiger partial charge in [0.15, 0.2) is 0 Å². The van der Waals surface area contributed by atoms with Gasteiger partial charge in [-0.15, -0.1) is 0 Å². The van der Waals surface area contributed by atoms with Crippen molar-refractivity contribution in [3.05, 3.63) is 0 Å². The number of hydrogen-bond acceptors (Lipinski definition) is 5. The minimum atomic E-state index is -0.662. The van der Waals surface area contributed by atoms with E-state index in [2.05, 4.69) is 19.2 Å². The molecule has 430 valence electrons. The molecule has 0 heterocycles. The van der Waals surface area contributed by atoms with Crippen molar-refractivity contribution in [3.63, 3.8) is 0 Å². The van der Waals surface area contributed by atoms with Crippen molar-refractivity contribution in [3.8, 4) is 0 Å². The van der Waals surface area contributed by atoms with E-state index in [9.17, 15) is 19.8 Å². The first-order chi connectivity index (χ1) is 35.5. The van der Waals surface area contributed by atoms with Gasteiger partial charge >= 0.3 is 5.97 Å². The van der Waals surface area contributed by atoms with Gasteiger partial charge in [0.2, 0.25) is 5.91 Å². The molecule has 0 saturated carbocycles. The summed E-state index contributed by atoms with van der Waals surface area (Å²) in [5, 5.41) is 23.3. The highest BCUT2D eigenvalue weighted by Crippen LogP contribution is 2.19. The summed E-state index contributed by atoms with van der Waals surface area (Å²) in [6.07, 6.45) is 74.2. The van der Waals surface area contributed by atoms with Crippen molar-refractivity contribution < 1.29 is 24.5 Å². The molecule has 1 amide bonds. The van der Waals surface area contributed by atoms with E-state index in [1.54, 1.807) is 0 Å². The number of carbonyl (C=O) groups excluding carboxylic acids is 2. The number of unbranched alkanes of at least 4 members (excludes halogenated alkanes) is 52. The van der Waals surface area contributed by atoms with E-state index in [0.717, 1.165) is 38.5 Å². The molecule has 0 radical (unpaired) electrons. The first-order valence-corrected chi connectivity index (χ1v) is 33.3. The van der Waals surface area contributed by atoms with Crippen molar-refractivity contribution in [2.45, 2.75) is 398 Å². The maximum absolute atomic E-state index is 12.5. The summed E-state index contributed by atoms with van der Waals surface area (Å²) in [6, 6.07) is -0.539. The number of ether oxygens (including phenoxy) is 1. The lowest BCUT2D eigenvalue weighted by atomic mass is 10.0. The third-order valence-electron chi connectivity index (χ3n) is 15.9. The van der Waals surface area contributed by atoms with Crippen LogP contribution in [-0.4, -0.2) is 47.4 Å². The van der Waals surface area contributed by atoms with E-state index < -0.39 is 12.1 Å². The lowest BCUT2D eigenvalue weighted by Crippen LogP contribution is -2.45. The fourth-order valence-corrected chi connectivity index (χ4v) is 10.8. The minimum Gasteiger partial charge on any atom is -0.466 e. The Balaban J connectivity index is 3.33. The van der Waals surface area contributed by atoms with Crippen LogP contribution >= 0.6 is 0 Å². The zero-order chi connectivity index (χ0) is 52.2. The summed E-state index contributed by atoms with van der Waals surface area (Å²) in [5.74, 6) is -0.0113. The molecule has 0 saturated heterocycles. The van der Waals surface area contributed by atoms with Crippen LogP contribution in [-0.2, 0) is 14.3 Å². The van der Waals surface area contributed by atoms with E-state index in [1.165, 1.54) is 315 Å². The fraction of sp³-hybridized carbons (Fsp3) is 0.970. The number of nitrogens with one attached hydrogen (secondary N) is 1. The predicted octanol–water partition coefficient (Wildman–Crippen LogP) is 21.0. The molecule has 0 aromatic rings. The highest BCUT2D eigenvalue weighted by Gasteiger charge is 2.20. The Bertz CT molecular complexity index is 1040. The van der Waals surface area contributed by atoms with Crippen molar-refractivity contribution in [2.75, 3.05) is 13.2 Å². The van der Waals surface area contributed by atoms with Gasteiger partial charge in [-0.1, -0.05) is 348 Å². The Labute approximate surface area is 451 Å². The van der Waals surface area contributed by atoms with E-state index in [0.29, 0.717) is 25.9 Å². The molecule has 3 N–H and O–H groups in total. The molecule has 0 aliphatic carbocycles. The molecule has 0 aliphatic heterocycles. The molecule has 2 unspecified atom stereocenters. The second-order valence-electron chi connectivity index (χ2n) is 23.2. The van der Waals surface area contributed by atoms with Crippen LogP contribution in [0.3, 0.4) is 0 Å². The lowest BCUT2D eigenvalue weighted by Gasteiger charge is -2.22. The number of esters is 1. The van der Waals surface area contributed by atoms with Gasteiger partial charge < -0.3 is 20.3 Å². The van der Waals surface area contributed by atoms with Crippen LogP contribution in [0.1, 0.15) is 386 Å². The Hall–Kier alpha value is -1.14. The van der Waals surface area contributed by atoms with Gasteiger partial charge in [0.1, 0.15) is 0 Å². The molecule has 0 fully saturated rings. The first-order valence-electron chi connectivity index (χ1n) is 33.3. The second-order valence-corrected chi connectivity index (χ2v) is 23.2. The third kappa shape index (κ3) is 58.1. The average Bonchev–Trinajstić information content (AvgIpc) is 3.38. The van der Waals surface area contributed by atoms with Crippen LogP contribution in [0, 0.1) is 0 Å². The average molecular weight is 1020 g/mol. The monoisotopic (exact) mass is 1020 g/mol. The highest BCUT2D eigenvalue weighted by atomic mass is 16.5. The van der Waals surface area contributed by atoms with Crippen molar-refractivity contribution in [2.24, 2.45) is 0 Å². The second kappa shape index (κ2) is 62.4. The maximum Gasteiger partial charge on any atom is 0.305 e. The molecule has 0 bridgehead atoms. The number of rotatable bonds is 63. The Kier molecular flexibility index (Phi) is 61.4. The van der Waals surface area contributed by atoms with E-state index in [4.69, 9.17) is 4.74 Å². The van der Waals surface area contributed by atoms with Gasteiger partial charge in [0.25, 0.3) is 0 Å². The Morgan fingerprint density at radius 3 is 0.847 bits per heavy atom. The van der Waals surface area contributed by atoms with Gasteiger partial charge in [-0.3, -0.25) is 9.59 Å². The van der Waals surface area contributed by atoms with Crippen LogP contribution in [0.5, 0.6) is 0 Å². The smallest absolute Gasteiger partial charge is 0.305 e. The molecule has 0 aromatic heterocycles. The largest absolute Gasteiger partial charge is 0.466 e. The summed E-state index contributed by atoms with van der Waals surface area (Å²) in [4.78, 5) is 24.6. The van der Waals surface area contributed by atoms with Crippen LogP contribution in [0.2, 0.25) is 0 Å². The van der Waals surface area contributed by atoms with Crippen molar-refractivity contribution in [1.82, 2.24) is 5.32 Å². The number of amides is 1. The summed E-state index contributed by atoms with van der Waals surface area (Å²) >= 11 is 0. The fourth-order valence-electron chi connectivity index (χ4n) is 10.8. The summed E-state index contributed by atoms with van der Waals surface area (Å²) < 4.78 is 5.51. The number of carbonyl (C=O) groups is 2. The van der Waals surface area contributed by atoms with Gasteiger partial charge in [0, 0.05) is 12.8 Å². The third-order valence-corrected chi connectivity index (χ3v) is 15.9. The van der Waals surface area contributed by atoms with Crippen molar-refractivity contribution in [1.29, 1.82) is 0 Å². The maximum atomic E-state index is 12.5. The molecular weight excluding hydrogens is 887 g/mol. The molecule has 0 spiro atoms. The first kappa shape index (κ1) is 70.9. The molecule has 72 heavy (non-hydrogen) atoms. The standard InChI is InChI=1S/C66H131NO5/c1-3-5-7-9-11-13-15-17-19-20-29-32-36-40-44-48-52-56-60-66(71)72-61-57-53-49-45-41-37-33-30-27-25-23-21-22-24-26-28-31-35-39-43-47-51-55-59-65(70)67-63(62-68)64(69)58-54-50-46-42-38-34-18-16-14-12-10-8-6-4-2/h63-64,68-69H,3-62H2,1-2H3,(H,67,70). The molecular formula is C66H131NO5. The number of hydrogen-bond donors (Lipinski definition) is 3. The van der Waals surface area contributed by atoms with Gasteiger partial charge in [-0.05, 0) is 25.7 Å². The predicted molar refractivity (Wildman–Crippen MR) is 315 cm³/mol. The quantitative estimate of drug-likeness (QED) is 0.0417. The van der Waals surface area contributed by atoms with Crippen LogP contribution in [0.4, 0.5) is 0 Å². The lowest BCUT2D eigenvalue weighted by molar-refractivity contribution is -0.143. The Morgan fingerprint density at radius 2 is 0.569 bits per heavy atom. The van der Waals surface area contributed by atoms with Crippen LogP contribution in [0.25, 0.3) is 0 Å². The topological polar surface area (TPSA) is 95.9 Å². The summed E-state index contributed by atoms with van der Waals surface area (Å²) in [5.41, 5.74) is 0.